The molecule has 0 aromatic carbocycles. The van der Waals surface area contributed by atoms with E-state index in [0.717, 1.165) is 32.4 Å². The lowest BCUT2D eigenvalue weighted by Crippen LogP contribution is -2.44. The molecule has 0 saturated carbocycles. The van der Waals surface area contributed by atoms with Crippen LogP contribution in [0.5, 0.6) is 0 Å². The molecule has 0 N–H and O–H groups in total. The van der Waals surface area contributed by atoms with Gasteiger partial charge in [-0.2, -0.15) is 5.26 Å². The molecule has 3 nitrogen and oxygen atoms in total. The standard InChI is InChI=1S/C12H23N3/c1-11(2)15-8-5-6-12(10-13,7-9-15)14(3)4/h11H,5-9H2,1-4H3. The highest BCUT2D eigenvalue weighted by molar-refractivity contribution is 5.08. The summed E-state index contributed by atoms with van der Waals surface area (Å²) in [7, 11) is 4.04. The Bertz CT molecular complexity index is 242. The highest BCUT2D eigenvalue weighted by atomic mass is 15.2. The van der Waals surface area contributed by atoms with Crippen molar-refractivity contribution in [1.29, 1.82) is 5.26 Å². The Morgan fingerprint density at radius 1 is 1.27 bits per heavy atom. The Hall–Kier alpha value is -0.590. The maximum absolute atomic E-state index is 9.35. The number of nitrogens with zero attached hydrogens (tertiary/aromatic N) is 3. The molecule has 0 aromatic rings. The lowest BCUT2D eigenvalue weighted by Gasteiger charge is -2.32. The van der Waals surface area contributed by atoms with Crippen LogP contribution in [0.2, 0.25) is 0 Å². The Kier molecular flexibility index (Phi) is 4.12. The van der Waals surface area contributed by atoms with Crippen LogP contribution in [-0.4, -0.2) is 48.6 Å². The fraction of sp³-hybridized carbons (Fsp3) is 0.917. The van der Waals surface area contributed by atoms with Crippen LogP contribution in [0, 0.1) is 11.3 Å². The van der Waals surface area contributed by atoms with E-state index < -0.39 is 0 Å². The SMILES string of the molecule is CC(C)N1CCCC(C#N)(N(C)C)CC1. The first-order valence-electron chi connectivity index (χ1n) is 5.84. The first-order chi connectivity index (χ1) is 7.02. The molecule has 0 aliphatic carbocycles. The van der Waals surface area contributed by atoms with E-state index in [2.05, 4.69) is 29.7 Å². The molecular weight excluding hydrogens is 186 g/mol. The van der Waals surface area contributed by atoms with E-state index in [-0.39, 0.29) is 5.54 Å². The summed E-state index contributed by atoms with van der Waals surface area (Å²) in [5.74, 6) is 0. The average molecular weight is 209 g/mol. The van der Waals surface area contributed by atoms with E-state index in [0.29, 0.717) is 6.04 Å². The maximum Gasteiger partial charge on any atom is 0.110 e. The first kappa shape index (κ1) is 12.5. The number of hydrogen-bond donors (Lipinski definition) is 0. The van der Waals surface area contributed by atoms with Crippen LogP contribution in [-0.2, 0) is 0 Å². The Balaban J connectivity index is 2.70. The predicted octanol–water partition coefficient (Wildman–Crippen LogP) is 1.70. The third kappa shape index (κ3) is 2.70. The van der Waals surface area contributed by atoms with E-state index in [9.17, 15) is 5.26 Å². The largest absolute Gasteiger partial charge is 0.301 e. The summed E-state index contributed by atoms with van der Waals surface area (Å²) in [5.41, 5.74) is -0.232. The molecule has 0 aromatic heterocycles. The van der Waals surface area contributed by atoms with Crippen LogP contribution < -0.4 is 0 Å². The fourth-order valence-corrected chi connectivity index (χ4v) is 2.32. The molecule has 1 atom stereocenters. The molecule has 86 valence electrons. The average Bonchev–Trinajstić information content (AvgIpc) is 2.40. The lowest BCUT2D eigenvalue weighted by molar-refractivity contribution is 0.179. The van der Waals surface area contributed by atoms with Crippen LogP contribution in [0.25, 0.3) is 0 Å². The Labute approximate surface area is 93.7 Å². The van der Waals surface area contributed by atoms with E-state index in [4.69, 9.17) is 0 Å². The monoisotopic (exact) mass is 209 g/mol. The van der Waals surface area contributed by atoms with Crippen molar-refractivity contribution in [2.24, 2.45) is 0 Å². The van der Waals surface area contributed by atoms with E-state index >= 15 is 0 Å². The zero-order valence-electron chi connectivity index (χ0n) is 10.5. The van der Waals surface area contributed by atoms with Gasteiger partial charge in [0.15, 0.2) is 0 Å². The van der Waals surface area contributed by atoms with Gasteiger partial charge in [0.25, 0.3) is 0 Å². The summed E-state index contributed by atoms with van der Waals surface area (Å²) in [4.78, 5) is 4.57. The molecule has 1 rings (SSSR count). The maximum atomic E-state index is 9.35. The summed E-state index contributed by atoms with van der Waals surface area (Å²) in [6, 6.07) is 3.11. The highest BCUT2D eigenvalue weighted by Crippen LogP contribution is 2.26. The van der Waals surface area contributed by atoms with Crippen LogP contribution >= 0.6 is 0 Å². The molecule has 1 unspecified atom stereocenters. The van der Waals surface area contributed by atoms with Gasteiger partial charge in [0.2, 0.25) is 0 Å². The van der Waals surface area contributed by atoms with Gasteiger partial charge >= 0.3 is 0 Å². The molecular formula is C12H23N3. The predicted molar refractivity (Wildman–Crippen MR) is 62.6 cm³/mol. The molecule has 15 heavy (non-hydrogen) atoms. The van der Waals surface area contributed by atoms with Crippen molar-refractivity contribution in [3.05, 3.63) is 0 Å². The molecule has 1 aliphatic rings. The summed E-state index contributed by atoms with van der Waals surface area (Å²) in [6.07, 6.45) is 3.10. The van der Waals surface area contributed by atoms with Crippen molar-refractivity contribution in [2.75, 3.05) is 27.2 Å². The molecule has 1 fully saturated rings. The van der Waals surface area contributed by atoms with Crippen LogP contribution in [0.1, 0.15) is 33.1 Å². The normalized spacial score (nSPS) is 29.1. The summed E-state index contributed by atoms with van der Waals surface area (Å²) < 4.78 is 0. The van der Waals surface area contributed by atoms with Gasteiger partial charge in [0, 0.05) is 12.6 Å². The van der Waals surface area contributed by atoms with Gasteiger partial charge in [-0.25, -0.2) is 0 Å². The smallest absolute Gasteiger partial charge is 0.110 e. The second-order valence-electron chi connectivity index (χ2n) is 5.02. The number of likely N-dealkylation sites (tertiary alicyclic amines) is 1. The van der Waals surface area contributed by atoms with Crippen LogP contribution in [0.15, 0.2) is 0 Å². The summed E-state index contributed by atoms with van der Waals surface area (Å²) >= 11 is 0. The van der Waals surface area contributed by atoms with Crippen molar-refractivity contribution in [3.63, 3.8) is 0 Å². The zero-order chi connectivity index (χ0) is 11.5. The van der Waals surface area contributed by atoms with E-state index in [1.165, 1.54) is 0 Å². The molecule has 1 heterocycles. The van der Waals surface area contributed by atoms with Crippen LogP contribution in [0.4, 0.5) is 0 Å². The van der Waals surface area contributed by atoms with Gasteiger partial charge in [0.1, 0.15) is 5.54 Å². The second kappa shape index (κ2) is 4.96. The van der Waals surface area contributed by atoms with Gasteiger partial charge < -0.3 is 4.90 Å². The molecule has 0 radical (unpaired) electrons. The summed E-state index contributed by atoms with van der Waals surface area (Å²) in [6.45, 7) is 6.64. The van der Waals surface area contributed by atoms with Gasteiger partial charge in [-0.1, -0.05) is 0 Å². The lowest BCUT2D eigenvalue weighted by atomic mass is 9.91. The zero-order valence-corrected chi connectivity index (χ0v) is 10.5. The molecule has 1 aliphatic heterocycles. The van der Waals surface area contributed by atoms with Crippen LogP contribution in [0.3, 0.4) is 0 Å². The topological polar surface area (TPSA) is 30.3 Å². The summed E-state index contributed by atoms with van der Waals surface area (Å²) in [5, 5.41) is 9.35. The molecule has 0 spiro atoms. The molecule has 0 bridgehead atoms. The Morgan fingerprint density at radius 3 is 2.40 bits per heavy atom. The number of hydrogen-bond acceptors (Lipinski definition) is 3. The quantitative estimate of drug-likeness (QED) is 0.693. The van der Waals surface area contributed by atoms with Gasteiger partial charge in [-0.05, 0) is 53.8 Å². The fourth-order valence-electron chi connectivity index (χ4n) is 2.32. The molecule has 0 amide bonds. The van der Waals surface area contributed by atoms with Gasteiger partial charge in [-0.3, -0.25) is 4.90 Å². The third-order valence-electron chi connectivity index (χ3n) is 3.64. The van der Waals surface area contributed by atoms with Crippen molar-refractivity contribution in [3.8, 4) is 6.07 Å². The minimum absolute atomic E-state index is 0.232. The molecule has 1 saturated heterocycles. The molecule has 3 heteroatoms. The second-order valence-corrected chi connectivity index (χ2v) is 5.02. The highest BCUT2D eigenvalue weighted by Gasteiger charge is 2.35. The van der Waals surface area contributed by atoms with Crippen molar-refractivity contribution < 1.29 is 0 Å². The van der Waals surface area contributed by atoms with Gasteiger partial charge in [0.05, 0.1) is 6.07 Å². The minimum atomic E-state index is -0.232. The van der Waals surface area contributed by atoms with Crippen molar-refractivity contribution in [1.82, 2.24) is 9.80 Å². The number of nitriles is 1. The van der Waals surface area contributed by atoms with Crippen molar-refractivity contribution >= 4 is 0 Å². The van der Waals surface area contributed by atoms with E-state index in [1.807, 2.05) is 14.1 Å². The first-order valence-corrected chi connectivity index (χ1v) is 5.84. The number of rotatable bonds is 2. The van der Waals surface area contributed by atoms with Gasteiger partial charge in [-0.15, -0.1) is 0 Å². The van der Waals surface area contributed by atoms with E-state index in [1.54, 1.807) is 0 Å². The minimum Gasteiger partial charge on any atom is -0.301 e. The Morgan fingerprint density at radius 2 is 1.93 bits per heavy atom. The third-order valence-corrected chi connectivity index (χ3v) is 3.64. The van der Waals surface area contributed by atoms with Crippen molar-refractivity contribution in [2.45, 2.75) is 44.7 Å².